The summed E-state index contributed by atoms with van der Waals surface area (Å²) in [6, 6.07) is 1.99. The van der Waals surface area contributed by atoms with Crippen LogP contribution >= 0.6 is 11.3 Å². The molecule has 0 aliphatic carbocycles. The first-order chi connectivity index (χ1) is 9.24. The predicted molar refractivity (Wildman–Crippen MR) is 74.6 cm³/mol. The molecule has 2 aromatic heterocycles. The molecule has 0 bridgehead atoms. The van der Waals surface area contributed by atoms with Gasteiger partial charge in [0.25, 0.3) is 0 Å². The predicted octanol–water partition coefficient (Wildman–Crippen LogP) is 2.38. The van der Waals surface area contributed by atoms with E-state index in [1.807, 2.05) is 11.4 Å². The molecule has 0 radical (unpaired) electrons. The number of thiophene rings is 1. The summed E-state index contributed by atoms with van der Waals surface area (Å²) in [6.07, 6.45) is 3.84. The van der Waals surface area contributed by atoms with E-state index < -0.39 is 5.97 Å². The van der Waals surface area contributed by atoms with Gasteiger partial charge in [0.05, 0.1) is 10.2 Å². The van der Waals surface area contributed by atoms with Crippen LogP contribution in [0.5, 0.6) is 0 Å². The Bertz CT molecular complexity index is 598. The molecule has 3 heterocycles. The molecule has 0 amide bonds. The fourth-order valence-corrected chi connectivity index (χ4v) is 3.53. The van der Waals surface area contributed by atoms with E-state index in [1.165, 1.54) is 0 Å². The lowest BCUT2D eigenvalue weighted by Crippen LogP contribution is -2.36. The van der Waals surface area contributed by atoms with Gasteiger partial charge in [0.15, 0.2) is 0 Å². The highest BCUT2D eigenvalue weighted by Crippen LogP contribution is 2.31. The first-order valence-electron chi connectivity index (χ1n) is 6.39. The highest BCUT2D eigenvalue weighted by molar-refractivity contribution is 7.17. The molecule has 2 aromatic rings. The second-order valence-electron chi connectivity index (χ2n) is 4.88. The van der Waals surface area contributed by atoms with Crippen LogP contribution in [0, 0.1) is 5.92 Å². The van der Waals surface area contributed by atoms with Crippen LogP contribution in [0.25, 0.3) is 10.2 Å². The molecular weight excluding hydrogens is 262 g/mol. The van der Waals surface area contributed by atoms with Crippen molar-refractivity contribution in [1.29, 1.82) is 0 Å². The van der Waals surface area contributed by atoms with Gasteiger partial charge in [0, 0.05) is 19.5 Å². The summed E-state index contributed by atoms with van der Waals surface area (Å²) in [7, 11) is 0. The number of carboxylic acids is 1. The molecule has 1 saturated heterocycles. The number of anilines is 1. The highest BCUT2D eigenvalue weighted by Gasteiger charge is 2.24. The van der Waals surface area contributed by atoms with Crippen molar-refractivity contribution in [3.05, 3.63) is 17.8 Å². The van der Waals surface area contributed by atoms with Crippen LogP contribution in [0.4, 0.5) is 5.82 Å². The number of piperidine rings is 1. The van der Waals surface area contributed by atoms with E-state index in [4.69, 9.17) is 5.11 Å². The summed E-state index contributed by atoms with van der Waals surface area (Å²) in [6.45, 7) is 1.72. The Labute approximate surface area is 114 Å². The molecule has 1 fully saturated rings. The van der Waals surface area contributed by atoms with Gasteiger partial charge in [-0.3, -0.25) is 4.79 Å². The van der Waals surface area contributed by atoms with Crippen LogP contribution in [0.2, 0.25) is 0 Å². The number of fused-ring (bicyclic) bond motifs is 1. The Balaban J connectivity index is 1.85. The zero-order valence-corrected chi connectivity index (χ0v) is 11.3. The molecule has 6 heteroatoms. The van der Waals surface area contributed by atoms with E-state index in [9.17, 15) is 4.79 Å². The summed E-state index contributed by atoms with van der Waals surface area (Å²) < 4.78 is 1.10. The van der Waals surface area contributed by atoms with Crippen LogP contribution in [0.15, 0.2) is 17.8 Å². The van der Waals surface area contributed by atoms with Crippen molar-refractivity contribution in [3.8, 4) is 0 Å². The average molecular weight is 277 g/mol. The van der Waals surface area contributed by atoms with Crippen molar-refractivity contribution in [3.63, 3.8) is 0 Å². The van der Waals surface area contributed by atoms with Crippen molar-refractivity contribution in [2.45, 2.75) is 19.3 Å². The fourth-order valence-electron chi connectivity index (χ4n) is 2.67. The monoisotopic (exact) mass is 277 g/mol. The maximum Gasteiger partial charge on any atom is 0.303 e. The molecular formula is C13H15N3O2S. The van der Waals surface area contributed by atoms with Gasteiger partial charge >= 0.3 is 5.97 Å². The minimum absolute atomic E-state index is 0.219. The number of carboxylic acid groups (broad SMARTS) is 1. The van der Waals surface area contributed by atoms with Crippen molar-refractivity contribution in [2.75, 3.05) is 18.0 Å². The Morgan fingerprint density at radius 2 is 2.42 bits per heavy atom. The van der Waals surface area contributed by atoms with Gasteiger partial charge in [-0.25, -0.2) is 9.97 Å². The number of rotatable bonds is 3. The minimum atomic E-state index is -0.712. The third-order valence-corrected chi connectivity index (χ3v) is 4.41. The van der Waals surface area contributed by atoms with Crippen molar-refractivity contribution in [2.24, 2.45) is 5.92 Å². The van der Waals surface area contributed by atoms with E-state index in [0.29, 0.717) is 0 Å². The summed E-state index contributed by atoms with van der Waals surface area (Å²) in [5, 5.41) is 10.9. The van der Waals surface area contributed by atoms with Crippen LogP contribution in [0.3, 0.4) is 0 Å². The zero-order chi connectivity index (χ0) is 13.2. The molecule has 1 unspecified atom stereocenters. The lowest BCUT2D eigenvalue weighted by molar-refractivity contribution is -0.138. The Hall–Kier alpha value is -1.69. The molecule has 5 nitrogen and oxygen atoms in total. The third kappa shape index (κ3) is 2.53. The molecule has 1 aliphatic heterocycles. The Morgan fingerprint density at radius 3 is 3.26 bits per heavy atom. The van der Waals surface area contributed by atoms with Gasteiger partial charge < -0.3 is 10.0 Å². The first-order valence-corrected chi connectivity index (χ1v) is 7.27. The van der Waals surface area contributed by atoms with Crippen LogP contribution in [-0.2, 0) is 4.79 Å². The molecule has 0 aromatic carbocycles. The van der Waals surface area contributed by atoms with Crippen LogP contribution in [0.1, 0.15) is 19.3 Å². The Morgan fingerprint density at radius 1 is 1.53 bits per heavy atom. The van der Waals surface area contributed by atoms with Crippen molar-refractivity contribution < 1.29 is 9.90 Å². The standard InChI is InChI=1S/C13H15N3O2S/c17-11(18)6-9-2-1-4-16(7-9)13-12-10(3-5-19-12)14-8-15-13/h3,5,8-9H,1-2,4,6-7H2,(H,17,18). The second kappa shape index (κ2) is 5.13. The largest absolute Gasteiger partial charge is 0.481 e. The van der Waals surface area contributed by atoms with Gasteiger partial charge in [-0.2, -0.15) is 0 Å². The number of aliphatic carboxylic acids is 1. The minimum Gasteiger partial charge on any atom is -0.481 e. The summed E-state index contributed by atoms with van der Waals surface area (Å²) in [5.41, 5.74) is 0.968. The third-order valence-electron chi connectivity index (χ3n) is 3.51. The molecule has 1 aliphatic rings. The Kier molecular flexibility index (Phi) is 3.33. The molecule has 100 valence electrons. The smallest absolute Gasteiger partial charge is 0.303 e. The van der Waals surface area contributed by atoms with E-state index in [0.717, 1.165) is 42.0 Å². The van der Waals surface area contributed by atoms with Gasteiger partial charge in [-0.15, -0.1) is 11.3 Å². The number of aromatic nitrogens is 2. The summed E-state index contributed by atoms with van der Waals surface area (Å²) in [4.78, 5) is 21.7. The van der Waals surface area contributed by atoms with Gasteiger partial charge in [0.1, 0.15) is 12.1 Å². The first kappa shape index (κ1) is 12.3. The molecule has 1 atom stereocenters. The molecule has 3 rings (SSSR count). The quantitative estimate of drug-likeness (QED) is 0.933. The summed E-state index contributed by atoms with van der Waals surface area (Å²) in [5.74, 6) is 0.460. The number of hydrogen-bond donors (Lipinski definition) is 1. The topological polar surface area (TPSA) is 66.3 Å². The lowest BCUT2D eigenvalue weighted by atomic mass is 9.95. The highest BCUT2D eigenvalue weighted by atomic mass is 32.1. The van der Waals surface area contributed by atoms with E-state index >= 15 is 0 Å². The van der Waals surface area contributed by atoms with Gasteiger partial charge in [0.2, 0.25) is 0 Å². The SMILES string of the molecule is O=C(O)CC1CCCN(c2ncnc3ccsc23)C1. The normalized spacial score (nSPS) is 19.8. The molecule has 1 N–H and O–H groups in total. The lowest BCUT2D eigenvalue weighted by Gasteiger charge is -2.33. The fraction of sp³-hybridized carbons (Fsp3) is 0.462. The van der Waals surface area contributed by atoms with Gasteiger partial charge in [-0.1, -0.05) is 0 Å². The zero-order valence-electron chi connectivity index (χ0n) is 10.5. The summed E-state index contributed by atoms with van der Waals surface area (Å²) >= 11 is 1.64. The maximum atomic E-state index is 10.8. The number of hydrogen-bond acceptors (Lipinski definition) is 5. The molecule has 19 heavy (non-hydrogen) atoms. The maximum absolute atomic E-state index is 10.8. The van der Waals surface area contributed by atoms with Crippen LogP contribution in [-0.4, -0.2) is 34.1 Å². The number of nitrogens with zero attached hydrogens (tertiary/aromatic N) is 3. The molecule has 0 saturated carbocycles. The average Bonchev–Trinajstić information content (AvgIpc) is 2.86. The van der Waals surface area contributed by atoms with Gasteiger partial charge in [-0.05, 0) is 30.2 Å². The van der Waals surface area contributed by atoms with Crippen molar-refractivity contribution >= 4 is 33.3 Å². The second-order valence-corrected chi connectivity index (χ2v) is 5.80. The van der Waals surface area contributed by atoms with E-state index in [1.54, 1.807) is 17.7 Å². The number of carbonyl (C=O) groups is 1. The van der Waals surface area contributed by atoms with Crippen molar-refractivity contribution in [1.82, 2.24) is 9.97 Å². The molecule has 0 spiro atoms. The van der Waals surface area contributed by atoms with E-state index in [2.05, 4.69) is 14.9 Å². The van der Waals surface area contributed by atoms with E-state index in [-0.39, 0.29) is 12.3 Å². The van der Waals surface area contributed by atoms with Crippen LogP contribution < -0.4 is 4.90 Å².